The van der Waals surface area contributed by atoms with Crippen LogP contribution < -0.4 is 16.4 Å². The molecular formula is C93H138N14O21. The van der Waals surface area contributed by atoms with Crippen LogP contribution in [0, 0.1) is 35.5 Å². The smallest absolute Gasteiger partial charge is 0.329 e. The summed E-state index contributed by atoms with van der Waals surface area (Å²) in [5.41, 5.74) is 18.8. The molecular weight excluding hydrogens is 1650 g/mol. The highest BCUT2D eigenvalue weighted by Crippen LogP contribution is 2.40. The van der Waals surface area contributed by atoms with E-state index in [0.717, 1.165) is 74.3 Å². The van der Waals surface area contributed by atoms with Crippen molar-refractivity contribution in [3.63, 3.8) is 0 Å². The molecule has 16 atom stereocenters. The lowest BCUT2D eigenvalue weighted by Gasteiger charge is -2.43. The molecule has 6 aliphatic rings. The van der Waals surface area contributed by atoms with Gasteiger partial charge in [0, 0.05) is 148 Å². The number of methoxy groups -OCH3 is 3. The van der Waals surface area contributed by atoms with Gasteiger partial charge in [0.25, 0.3) is 23.6 Å². The summed E-state index contributed by atoms with van der Waals surface area (Å²) < 4.78 is 58.4. The molecule has 706 valence electrons. The molecule has 8 N–H and O–H groups in total. The van der Waals surface area contributed by atoms with Gasteiger partial charge in [-0.3, -0.25) is 24.0 Å². The van der Waals surface area contributed by atoms with Crippen molar-refractivity contribution in [2.24, 2.45) is 40.7 Å². The summed E-state index contributed by atoms with van der Waals surface area (Å²) in [4.78, 5) is 116. The van der Waals surface area contributed by atoms with Crippen LogP contribution in [0.25, 0.3) is 33.4 Å². The maximum absolute atomic E-state index is 14.7. The largest absolute Gasteiger partial charge is 0.463 e. The van der Waals surface area contributed by atoms with E-state index in [0.29, 0.717) is 187 Å². The number of carbonyl (C=O) groups excluding carboxylic acids is 6. The normalized spacial score (nSPS) is 28.5. The summed E-state index contributed by atoms with van der Waals surface area (Å²) in [6, 6.07) is 4.49. The Morgan fingerprint density at radius 1 is 0.766 bits per heavy atom. The number of ketones is 2. The number of aromatic nitrogens is 7. The van der Waals surface area contributed by atoms with Crippen LogP contribution in [0.5, 0.6) is 0 Å². The summed E-state index contributed by atoms with van der Waals surface area (Å²) in [6.07, 6.45) is 18.0. The molecule has 128 heavy (non-hydrogen) atoms. The van der Waals surface area contributed by atoms with Crippen molar-refractivity contribution in [3.05, 3.63) is 89.6 Å². The average Bonchev–Trinajstić information content (AvgIpc) is 1.30. The molecule has 9 heterocycles. The third kappa shape index (κ3) is 28.5. The molecule has 35 heteroatoms. The monoisotopic (exact) mass is 1790 g/mol. The van der Waals surface area contributed by atoms with Gasteiger partial charge in [-0.15, -0.1) is 0 Å². The fourth-order valence-corrected chi connectivity index (χ4v) is 17.7. The Hall–Kier alpha value is -9.11. The van der Waals surface area contributed by atoms with Crippen LogP contribution in [0.1, 0.15) is 176 Å². The molecule has 5 aliphatic heterocycles. The minimum Gasteiger partial charge on any atom is -0.463 e. The number of hydrogen-bond acceptors (Lipinski definition) is 32. The number of rotatable bonds is 29. The van der Waals surface area contributed by atoms with Crippen LogP contribution in [0.15, 0.2) is 87.9 Å². The maximum Gasteiger partial charge on any atom is 0.329 e. The number of ether oxygens (including phenoxy) is 9. The topological polar surface area (TPSA) is 448 Å². The van der Waals surface area contributed by atoms with E-state index in [1.54, 1.807) is 45.1 Å². The number of benzene rings is 1. The van der Waals surface area contributed by atoms with E-state index in [2.05, 4.69) is 54.9 Å². The van der Waals surface area contributed by atoms with Gasteiger partial charge in [0.2, 0.25) is 11.7 Å². The van der Waals surface area contributed by atoms with Gasteiger partial charge in [-0.25, -0.2) is 29.4 Å². The number of aliphatic hydroxyl groups excluding tert-OH is 3. The van der Waals surface area contributed by atoms with Crippen LogP contribution >= 0.6 is 0 Å². The summed E-state index contributed by atoms with van der Waals surface area (Å²) in [6.45, 7) is 21.9. The first kappa shape index (κ1) is 101. The fourth-order valence-electron chi connectivity index (χ4n) is 17.7. The van der Waals surface area contributed by atoms with Crippen LogP contribution in [-0.4, -0.2) is 292 Å². The van der Waals surface area contributed by atoms with E-state index < -0.39 is 84.1 Å². The number of nitrogens with two attached hydrogens (primary N) is 2. The zero-order valence-electron chi connectivity index (χ0n) is 76.8. The van der Waals surface area contributed by atoms with Crippen molar-refractivity contribution in [1.82, 2.24) is 49.4 Å². The standard InChI is InChI=1S/C65H101N7O14.C28H37N7O7/c1-40-17-13-12-14-18-41(2)54(81-9)35-49-22-20-46(7)65(80,86-49)61(77)62(78)72-25-16-15-19-51(72)63(79)85-55(43(4)33-47-21-23-52(73)56(34-47)82-10)36-53(74)42(3)32-45(6)59(76)60(83-11)58(44(5)31-40)68-84-39-57(75)71-26-24-50-48(38-71)37-66-64(67-50)70-29-27-69(8)28-30-70;1-19(36)41-16-15-40-14-13-39-12-11-38-10-8-21(37)5-3-2-4-9-35-27-24(26(29)31-18-32-27)25(34-35)20-6-7-23-22(17-20)33-28(30)42-23/h12-14,17-18,32,37,40,42-44,46-47,49,51-56,59-60,73-74,76,80H,15-16,19-31,33-36,38-39H2,1-11H3;6-7,17-18H,2-5,8-16H2,1H3,(H2,30,33)(H2,29,31,32)/b14-12+,17-13+,41-18+,45-32+,68-58?;/t40-,42-,43-,44-,46-,47+,49+,51+,52-,53-,54+,55+,56-,59-,60+,65-;/m1./s1. The number of oxazole rings is 1. The quantitative estimate of drug-likeness (QED) is 0.00855. The first-order valence-electron chi connectivity index (χ1n) is 45.5. The Kier molecular flexibility index (Phi) is 39.3. The molecule has 0 radical (unpaired) electrons. The van der Waals surface area contributed by atoms with Crippen molar-refractivity contribution in [1.29, 1.82) is 0 Å². The van der Waals surface area contributed by atoms with Crippen LogP contribution in [0.4, 0.5) is 17.8 Å². The first-order chi connectivity index (χ1) is 61.5. The van der Waals surface area contributed by atoms with Crippen molar-refractivity contribution < 1.29 is 101 Å². The highest BCUT2D eigenvalue weighted by molar-refractivity contribution is 6.39. The van der Waals surface area contributed by atoms with Crippen LogP contribution in [-0.2, 0) is 95.7 Å². The number of Topliss-reactive ketones (excluding diaryl/α,β-unsaturated/α-hetero) is 2. The number of piperazine rings is 1. The molecule has 1 saturated carbocycles. The summed E-state index contributed by atoms with van der Waals surface area (Å²) >= 11 is 0. The SMILES string of the molecule is CC(=O)OCCOCCOCCOCCC(=O)CCCCCn1nc(-c2ccc3oc(N)nc3c2)c2c(N)ncnc21.CO[C@H]1C[C@@H]2CC[C@@H](C)[C@@](O)(O2)C(=O)C(=O)N2CCCC[C@H]2C(=O)O[C@H]([C@H](C)C[C@@H]2CC[C@@H](O)[C@H](OC)C2)C[C@@H](O)[C@H](C)/C=C(\C)[C@@H](O)[C@@H](OC)C(=NOCC(=O)N2CCc3nc(N4CCN(C)CC4)ncc3C2)[C@H](C)C[C@H](C)/C=C/C=C/C=C/1C. The molecule has 0 unspecified atom stereocenters. The number of nitrogens with zero attached hydrogens (tertiary/aromatic N) is 12. The number of nitrogen functional groups attached to an aromatic ring is 2. The molecule has 2 amide bonds. The predicted octanol–water partition coefficient (Wildman–Crippen LogP) is 8.83. The van der Waals surface area contributed by atoms with Gasteiger partial charge in [0.05, 0.1) is 87.0 Å². The number of cyclic esters (lactones) is 1. The van der Waals surface area contributed by atoms with E-state index in [1.165, 1.54) is 25.3 Å². The number of hydrogen-bond donors (Lipinski definition) is 6. The Morgan fingerprint density at radius 2 is 1.52 bits per heavy atom. The third-order valence-electron chi connectivity index (χ3n) is 25.5. The van der Waals surface area contributed by atoms with E-state index in [-0.39, 0.29) is 86.1 Å². The number of esters is 2. The number of aryl methyl sites for hydroxylation is 1. The number of fused-ring (bicyclic) bond motifs is 6. The summed E-state index contributed by atoms with van der Waals surface area (Å²) in [7, 11) is 6.76. The number of likely N-dealkylation sites (N-methyl/N-ethyl adjacent to an activating group) is 1. The highest BCUT2D eigenvalue weighted by Gasteiger charge is 2.53. The van der Waals surface area contributed by atoms with Crippen molar-refractivity contribution in [2.75, 3.05) is 137 Å². The second-order valence-corrected chi connectivity index (χ2v) is 35.2. The molecule has 1 aliphatic carbocycles. The number of oxime groups is 1. The number of aliphatic hydroxyl groups is 4. The van der Waals surface area contributed by atoms with Gasteiger partial charge in [-0.2, -0.15) is 10.1 Å². The fraction of sp³-hybridized carbons (Fsp3) is 0.667. The van der Waals surface area contributed by atoms with Gasteiger partial charge in [0.15, 0.2) is 17.8 Å². The number of carbonyl (C=O) groups is 6. The molecule has 5 aromatic rings. The van der Waals surface area contributed by atoms with Crippen molar-refractivity contribution in [3.8, 4) is 11.3 Å². The van der Waals surface area contributed by atoms with Crippen molar-refractivity contribution >= 4 is 80.9 Å². The van der Waals surface area contributed by atoms with Crippen molar-refractivity contribution in [2.45, 2.75) is 245 Å². The predicted molar refractivity (Wildman–Crippen MR) is 480 cm³/mol. The second-order valence-electron chi connectivity index (χ2n) is 35.2. The Bertz CT molecular complexity index is 4600. The molecule has 0 spiro atoms. The molecule has 35 nitrogen and oxygen atoms in total. The van der Waals surface area contributed by atoms with E-state index in [4.69, 9.17) is 73.4 Å². The molecule has 3 saturated heterocycles. The molecule has 4 aromatic heterocycles. The highest BCUT2D eigenvalue weighted by atomic mass is 16.6. The maximum atomic E-state index is 14.7. The number of piperidine rings is 1. The third-order valence-corrected chi connectivity index (χ3v) is 25.5. The van der Waals surface area contributed by atoms with Gasteiger partial charge in [-0.1, -0.05) is 82.7 Å². The van der Waals surface area contributed by atoms with Gasteiger partial charge < -0.3 is 103 Å². The first-order valence-corrected chi connectivity index (χ1v) is 45.5. The van der Waals surface area contributed by atoms with Gasteiger partial charge in [0.1, 0.15) is 60.1 Å². The van der Waals surface area contributed by atoms with Gasteiger partial charge in [-0.05, 0) is 145 Å². The van der Waals surface area contributed by atoms with E-state index >= 15 is 0 Å². The molecule has 4 fully saturated rings. The molecule has 2 bridgehead atoms. The number of anilines is 3. The number of unbranched alkanes of at least 4 members (excludes halogenated alkanes) is 2. The average molecular weight is 1790 g/mol. The molecule has 1 aromatic carbocycles. The number of amides is 2. The van der Waals surface area contributed by atoms with Crippen LogP contribution in [0.3, 0.4) is 0 Å². The summed E-state index contributed by atoms with van der Waals surface area (Å²) in [5, 5.41) is 57.2. The molecule has 11 rings (SSSR count). The lowest BCUT2D eigenvalue weighted by molar-refractivity contribution is -0.265. The Balaban J connectivity index is 0.000000338. The second kappa shape index (κ2) is 49.8. The van der Waals surface area contributed by atoms with Crippen LogP contribution in [0.2, 0.25) is 0 Å². The summed E-state index contributed by atoms with van der Waals surface area (Å²) in [5.74, 6) is -6.49. The minimum atomic E-state index is -2.44. The Labute approximate surface area is 751 Å². The minimum absolute atomic E-state index is 0.00123. The lowest BCUT2D eigenvalue weighted by atomic mass is 9.78. The zero-order valence-corrected chi connectivity index (χ0v) is 76.8. The van der Waals surface area contributed by atoms with E-state index in [9.17, 15) is 49.2 Å². The lowest BCUT2D eigenvalue weighted by Crippen LogP contribution is -2.61. The number of allylic oxidation sites excluding steroid dienone is 5. The zero-order chi connectivity index (χ0) is 92.1. The Morgan fingerprint density at radius 3 is 2.25 bits per heavy atom. The van der Waals surface area contributed by atoms with Gasteiger partial charge >= 0.3 is 11.9 Å². The van der Waals surface area contributed by atoms with E-state index in [1.807, 2.05) is 75.0 Å².